The second kappa shape index (κ2) is 8.86. The van der Waals surface area contributed by atoms with Crippen LogP contribution in [0.2, 0.25) is 0 Å². The fourth-order valence-corrected chi connectivity index (χ4v) is 2.47. The minimum absolute atomic E-state index is 0.102. The molecule has 24 heavy (non-hydrogen) atoms. The predicted molar refractivity (Wildman–Crippen MR) is 94.0 cm³/mol. The predicted octanol–water partition coefficient (Wildman–Crippen LogP) is 2.85. The zero-order chi connectivity index (χ0) is 17.4. The molecule has 0 bridgehead atoms. The summed E-state index contributed by atoms with van der Waals surface area (Å²) in [6.45, 7) is 5.33. The van der Waals surface area contributed by atoms with Gasteiger partial charge in [0.25, 0.3) is 0 Å². The van der Waals surface area contributed by atoms with Gasteiger partial charge in [-0.25, -0.2) is 4.68 Å². The Morgan fingerprint density at radius 3 is 2.50 bits per heavy atom. The first-order valence-electron chi connectivity index (χ1n) is 8.31. The van der Waals surface area contributed by atoms with Crippen LogP contribution in [-0.2, 0) is 9.59 Å². The molecule has 0 saturated carbocycles. The third-order valence-electron chi connectivity index (χ3n) is 3.80. The molecule has 0 aliphatic heterocycles. The van der Waals surface area contributed by atoms with Crippen LogP contribution in [0.1, 0.15) is 33.1 Å². The Morgan fingerprint density at radius 2 is 1.83 bits per heavy atom. The van der Waals surface area contributed by atoms with Crippen LogP contribution in [-0.4, -0.2) is 39.6 Å². The van der Waals surface area contributed by atoms with E-state index < -0.39 is 0 Å². The molecule has 0 fully saturated rings. The smallest absolute Gasteiger partial charge is 0.224 e. The van der Waals surface area contributed by atoms with Crippen molar-refractivity contribution in [2.45, 2.75) is 33.1 Å². The van der Waals surface area contributed by atoms with Gasteiger partial charge in [0.2, 0.25) is 11.8 Å². The maximum absolute atomic E-state index is 12.0. The zero-order valence-corrected chi connectivity index (χ0v) is 14.2. The van der Waals surface area contributed by atoms with E-state index in [-0.39, 0.29) is 11.8 Å². The number of anilines is 1. The highest BCUT2D eigenvalue weighted by molar-refractivity contribution is 5.90. The minimum atomic E-state index is -0.102. The summed E-state index contributed by atoms with van der Waals surface area (Å²) < 4.78 is 1.71. The van der Waals surface area contributed by atoms with Crippen molar-refractivity contribution in [1.29, 1.82) is 0 Å². The van der Waals surface area contributed by atoms with E-state index in [1.165, 1.54) is 0 Å². The second-order valence-electron chi connectivity index (χ2n) is 5.48. The first-order chi connectivity index (χ1) is 11.6. The molecular formula is C18H24N4O2. The highest BCUT2D eigenvalue weighted by atomic mass is 16.2. The van der Waals surface area contributed by atoms with Crippen LogP contribution < -0.4 is 5.32 Å². The normalized spacial score (nSPS) is 10.4. The van der Waals surface area contributed by atoms with Crippen molar-refractivity contribution in [3.63, 3.8) is 0 Å². The van der Waals surface area contributed by atoms with E-state index in [0.29, 0.717) is 38.0 Å². The number of aromatic nitrogens is 2. The Morgan fingerprint density at radius 1 is 1.12 bits per heavy atom. The zero-order valence-electron chi connectivity index (χ0n) is 14.2. The Balaban J connectivity index is 1.79. The number of carbonyl (C=O) groups is 2. The van der Waals surface area contributed by atoms with Crippen LogP contribution in [0, 0.1) is 0 Å². The largest absolute Gasteiger partial charge is 0.343 e. The molecule has 128 valence electrons. The third kappa shape index (κ3) is 4.94. The number of rotatable bonds is 8. The SMILES string of the molecule is CCN(CC)C(=O)CCCC(=O)Nc1cnn(-c2ccccc2)c1. The Kier molecular flexibility index (Phi) is 6.54. The monoisotopic (exact) mass is 328 g/mol. The lowest BCUT2D eigenvalue weighted by atomic mass is 10.2. The van der Waals surface area contributed by atoms with Crippen molar-refractivity contribution in [1.82, 2.24) is 14.7 Å². The van der Waals surface area contributed by atoms with Gasteiger partial charge in [0, 0.05) is 25.9 Å². The molecule has 2 aromatic rings. The molecule has 1 aromatic carbocycles. The molecule has 0 aliphatic rings. The highest BCUT2D eigenvalue weighted by Crippen LogP contribution is 2.12. The topological polar surface area (TPSA) is 67.2 Å². The van der Waals surface area contributed by atoms with E-state index in [2.05, 4.69) is 10.4 Å². The Bertz CT molecular complexity index is 663. The van der Waals surface area contributed by atoms with Crippen molar-refractivity contribution in [3.8, 4) is 5.69 Å². The van der Waals surface area contributed by atoms with Crippen LogP contribution in [0.15, 0.2) is 42.7 Å². The molecule has 0 saturated heterocycles. The number of para-hydroxylation sites is 1. The van der Waals surface area contributed by atoms with Crippen molar-refractivity contribution < 1.29 is 9.59 Å². The van der Waals surface area contributed by atoms with E-state index in [9.17, 15) is 9.59 Å². The van der Waals surface area contributed by atoms with E-state index in [0.717, 1.165) is 5.69 Å². The molecule has 1 aromatic heterocycles. The van der Waals surface area contributed by atoms with E-state index in [1.54, 1.807) is 22.0 Å². The minimum Gasteiger partial charge on any atom is -0.343 e. The van der Waals surface area contributed by atoms with Crippen LogP contribution in [0.3, 0.4) is 0 Å². The standard InChI is InChI=1S/C18H24N4O2/c1-3-21(4-2)18(24)12-8-11-17(23)20-15-13-19-22(14-15)16-9-6-5-7-10-16/h5-7,9-10,13-14H,3-4,8,11-12H2,1-2H3,(H,20,23). The molecule has 6 nitrogen and oxygen atoms in total. The number of hydrogen-bond donors (Lipinski definition) is 1. The van der Waals surface area contributed by atoms with Gasteiger partial charge >= 0.3 is 0 Å². The summed E-state index contributed by atoms with van der Waals surface area (Å²) in [5.74, 6) is -0.000319. The molecule has 1 heterocycles. The van der Waals surface area contributed by atoms with Gasteiger partial charge in [-0.15, -0.1) is 0 Å². The lowest BCUT2D eigenvalue weighted by molar-refractivity contribution is -0.130. The van der Waals surface area contributed by atoms with Gasteiger partial charge in [-0.1, -0.05) is 18.2 Å². The van der Waals surface area contributed by atoms with E-state index in [4.69, 9.17) is 0 Å². The fourth-order valence-electron chi connectivity index (χ4n) is 2.47. The third-order valence-corrected chi connectivity index (χ3v) is 3.80. The quantitative estimate of drug-likeness (QED) is 0.810. The van der Waals surface area contributed by atoms with Crippen molar-refractivity contribution in [2.24, 2.45) is 0 Å². The number of nitrogens with one attached hydrogen (secondary N) is 1. The average molecular weight is 328 g/mol. The summed E-state index contributed by atoms with van der Waals surface area (Å²) in [5.41, 5.74) is 1.58. The van der Waals surface area contributed by atoms with Crippen LogP contribution in [0.4, 0.5) is 5.69 Å². The van der Waals surface area contributed by atoms with Gasteiger partial charge in [-0.3, -0.25) is 9.59 Å². The molecule has 0 spiro atoms. The maximum Gasteiger partial charge on any atom is 0.224 e. The summed E-state index contributed by atoms with van der Waals surface area (Å²) in [6.07, 6.45) is 4.66. The molecule has 2 rings (SSSR count). The van der Waals surface area contributed by atoms with Crippen LogP contribution >= 0.6 is 0 Å². The fraction of sp³-hybridized carbons (Fsp3) is 0.389. The van der Waals surface area contributed by atoms with Gasteiger partial charge in [0.15, 0.2) is 0 Å². The summed E-state index contributed by atoms with van der Waals surface area (Å²) >= 11 is 0. The van der Waals surface area contributed by atoms with Gasteiger partial charge in [0.1, 0.15) is 0 Å². The Hall–Kier alpha value is -2.63. The number of hydrogen-bond acceptors (Lipinski definition) is 3. The summed E-state index contributed by atoms with van der Waals surface area (Å²) in [7, 11) is 0. The van der Waals surface area contributed by atoms with E-state index in [1.807, 2.05) is 44.2 Å². The highest BCUT2D eigenvalue weighted by Gasteiger charge is 2.11. The average Bonchev–Trinajstić information content (AvgIpc) is 3.05. The van der Waals surface area contributed by atoms with Crippen molar-refractivity contribution in [2.75, 3.05) is 18.4 Å². The number of nitrogens with zero attached hydrogens (tertiary/aromatic N) is 3. The maximum atomic E-state index is 12.0. The first-order valence-corrected chi connectivity index (χ1v) is 8.31. The summed E-state index contributed by atoms with van der Waals surface area (Å²) in [5, 5.41) is 7.05. The van der Waals surface area contributed by atoms with Gasteiger partial charge < -0.3 is 10.2 Å². The molecular weight excluding hydrogens is 304 g/mol. The number of carbonyl (C=O) groups excluding carboxylic acids is 2. The van der Waals surface area contributed by atoms with Crippen LogP contribution in [0.5, 0.6) is 0 Å². The Labute approximate surface area is 142 Å². The molecule has 1 N–H and O–H groups in total. The molecule has 6 heteroatoms. The lowest BCUT2D eigenvalue weighted by Crippen LogP contribution is -2.30. The van der Waals surface area contributed by atoms with E-state index >= 15 is 0 Å². The lowest BCUT2D eigenvalue weighted by Gasteiger charge is -2.18. The second-order valence-corrected chi connectivity index (χ2v) is 5.48. The van der Waals surface area contributed by atoms with Gasteiger partial charge in [0.05, 0.1) is 23.8 Å². The van der Waals surface area contributed by atoms with Crippen molar-refractivity contribution >= 4 is 17.5 Å². The van der Waals surface area contributed by atoms with Crippen molar-refractivity contribution in [3.05, 3.63) is 42.7 Å². The summed E-state index contributed by atoms with van der Waals surface area (Å²) in [4.78, 5) is 25.6. The number of amides is 2. The summed E-state index contributed by atoms with van der Waals surface area (Å²) in [6, 6.07) is 9.69. The first kappa shape index (κ1) is 17.7. The number of benzene rings is 1. The molecule has 2 amide bonds. The van der Waals surface area contributed by atoms with Crippen LogP contribution in [0.25, 0.3) is 5.69 Å². The van der Waals surface area contributed by atoms with Gasteiger partial charge in [-0.2, -0.15) is 5.10 Å². The molecule has 0 atom stereocenters. The molecule has 0 radical (unpaired) electrons. The molecule has 0 aliphatic carbocycles. The molecule has 0 unspecified atom stereocenters. The van der Waals surface area contributed by atoms with Gasteiger partial charge in [-0.05, 0) is 32.4 Å².